The Morgan fingerprint density at radius 2 is 1.83 bits per heavy atom. The molecule has 0 fully saturated rings. The van der Waals surface area contributed by atoms with E-state index in [2.05, 4.69) is 9.47 Å². The van der Waals surface area contributed by atoms with Crippen molar-refractivity contribution in [3.63, 3.8) is 0 Å². The van der Waals surface area contributed by atoms with Gasteiger partial charge in [0, 0.05) is 12.6 Å². The van der Waals surface area contributed by atoms with Crippen LogP contribution in [-0.2, 0) is 9.59 Å². The lowest BCUT2D eigenvalue weighted by atomic mass is 10.1. The molecule has 0 spiro atoms. The van der Waals surface area contributed by atoms with Crippen LogP contribution in [0.3, 0.4) is 0 Å². The molecule has 2 bridgehead atoms. The zero-order valence-corrected chi connectivity index (χ0v) is 8.91. The summed E-state index contributed by atoms with van der Waals surface area (Å²) >= 11 is 0. The minimum Gasteiger partial charge on any atom is -0.504 e. The molecule has 8 heteroatoms. The molecule has 1 heterocycles. The normalized spacial score (nSPS) is 15.7. The molecule has 0 saturated carbocycles. The topological polar surface area (TPSA) is 139 Å². The van der Waals surface area contributed by atoms with Crippen molar-refractivity contribution >= 4 is 11.9 Å². The third kappa shape index (κ3) is 1.73. The molecular weight excluding hydrogens is 246 g/mol. The van der Waals surface area contributed by atoms with Crippen LogP contribution in [0.5, 0.6) is 23.0 Å². The average molecular weight is 255 g/mol. The maximum Gasteiger partial charge on any atom is 0.423 e. The number of ether oxygens (including phenoxy) is 2. The van der Waals surface area contributed by atoms with Crippen molar-refractivity contribution in [2.75, 3.05) is 6.54 Å². The fourth-order valence-corrected chi connectivity index (χ4v) is 1.52. The number of fused-ring (bicyclic) bond motifs is 2. The fourth-order valence-electron chi connectivity index (χ4n) is 1.52. The summed E-state index contributed by atoms with van der Waals surface area (Å²) in [6.45, 7) is -0.265. The molecule has 0 radical (unpaired) electrons. The average Bonchev–Trinajstić information content (AvgIpc) is 2.43. The molecule has 2 rings (SSSR count). The number of carbonyl (C=O) groups excluding carboxylic acids is 2. The monoisotopic (exact) mass is 255 g/mol. The van der Waals surface area contributed by atoms with Gasteiger partial charge in [0.05, 0.1) is 11.7 Å². The molecule has 96 valence electrons. The third-order valence-corrected chi connectivity index (χ3v) is 2.36. The number of benzene rings is 1. The molecule has 1 aromatic carbocycles. The van der Waals surface area contributed by atoms with Crippen molar-refractivity contribution in [3.8, 4) is 23.0 Å². The highest BCUT2D eigenvalue weighted by molar-refractivity contribution is 6.31. The molecule has 0 saturated heterocycles. The Hall–Kier alpha value is -2.32. The van der Waals surface area contributed by atoms with Crippen molar-refractivity contribution in [2.45, 2.75) is 6.10 Å². The number of aliphatic hydroxyl groups is 1. The van der Waals surface area contributed by atoms with Gasteiger partial charge in [0.2, 0.25) is 5.75 Å². The minimum atomic E-state index is -1.38. The third-order valence-electron chi connectivity index (χ3n) is 2.36. The maximum atomic E-state index is 11.2. The van der Waals surface area contributed by atoms with Crippen molar-refractivity contribution in [3.05, 3.63) is 11.6 Å². The molecule has 1 atom stereocenters. The molecule has 0 aromatic heterocycles. The number of rotatable bonds is 2. The number of carbonyl (C=O) groups is 2. The Morgan fingerprint density at radius 3 is 2.44 bits per heavy atom. The van der Waals surface area contributed by atoms with Gasteiger partial charge in [0.1, 0.15) is 5.75 Å². The van der Waals surface area contributed by atoms with Crippen LogP contribution in [0, 0.1) is 0 Å². The molecule has 1 aliphatic rings. The smallest absolute Gasteiger partial charge is 0.423 e. The lowest BCUT2D eigenvalue weighted by molar-refractivity contribution is -0.155. The lowest BCUT2D eigenvalue weighted by Gasteiger charge is -2.15. The summed E-state index contributed by atoms with van der Waals surface area (Å²) in [5.74, 6) is -4.99. The molecule has 5 N–H and O–H groups in total. The van der Waals surface area contributed by atoms with E-state index in [4.69, 9.17) is 5.73 Å². The summed E-state index contributed by atoms with van der Waals surface area (Å²) in [4.78, 5) is 22.3. The van der Waals surface area contributed by atoms with Gasteiger partial charge < -0.3 is 30.5 Å². The molecule has 0 aliphatic carbocycles. The first-order valence-corrected chi connectivity index (χ1v) is 4.86. The second-order valence-corrected chi connectivity index (χ2v) is 3.52. The summed E-state index contributed by atoms with van der Waals surface area (Å²) in [5.41, 5.74) is 5.08. The zero-order valence-electron chi connectivity index (χ0n) is 8.91. The van der Waals surface area contributed by atoms with E-state index in [-0.39, 0.29) is 17.9 Å². The summed E-state index contributed by atoms with van der Waals surface area (Å²) in [5, 5.41) is 28.6. The Morgan fingerprint density at radius 1 is 1.22 bits per heavy atom. The van der Waals surface area contributed by atoms with Crippen molar-refractivity contribution in [1.29, 1.82) is 0 Å². The largest absolute Gasteiger partial charge is 0.504 e. The van der Waals surface area contributed by atoms with Gasteiger partial charge in [-0.2, -0.15) is 0 Å². The zero-order chi connectivity index (χ0) is 13.4. The van der Waals surface area contributed by atoms with E-state index >= 15 is 0 Å². The van der Waals surface area contributed by atoms with Gasteiger partial charge in [-0.05, 0) is 0 Å². The van der Waals surface area contributed by atoms with Crippen LogP contribution in [0.1, 0.15) is 11.7 Å². The van der Waals surface area contributed by atoms with E-state index in [1.807, 2.05) is 0 Å². The standard InChI is InChI=1S/C10H9NO7/c11-2-4(13)6-5-1-3(12)7(14)8(6)18-10(16)9(15)17-5/h1,4,12-14H,2,11H2/t4-/m0/s1. The first kappa shape index (κ1) is 12.1. The van der Waals surface area contributed by atoms with Crippen LogP contribution in [0.25, 0.3) is 0 Å². The summed E-state index contributed by atoms with van der Waals surface area (Å²) < 4.78 is 9.17. The van der Waals surface area contributed by atoms with Gasteiger partial charge in [-0.1, -0.05) is 0 Å². The highest BCUT2D eigenvalue weighted by Gasteiger charge is 2.34. The van der Waals surface area contributed by atoms with E-state index in [1.165, 1.54) is 0 Å². The van der Waals surface area contributed by atoms with E-state index < -0.39 is 35.3 Å². The number of esters is 2. The van der Waals surface area contributed by atoms with Crippen LogP contribution in [-0.4, -0.2) is 33.8 Å². The number of aliphatic hydroxyl groups excluding tert-OH is 1. The molecule has 0 amide bonds. The highest BCUT2D eigenvalue weighted by atomic mass is 16.6. The summed E-state index contributed by atoms with van der Waals surface area (Å²) in [7, 11) is 0. The second kappa shape index (κ2) is 4.17. The van der Waals surface area contributed by atoms with Gasteiger partial charge in [-0.15, -0.1) is 0 Å². The maximum absolute atomic E-state index is 11.2. The molecule has 8 nitrogen and oxygen atoms in total. The van der Waals surface area contributed by atoms with Gasteiger partial charge in [0.15, 0.2) is 11.5 Å². The fraction of sp³-hybridized carbons (Fsp3) is 0.200. The van der Waals surface area contributed by atoms with Crippen LogP contribution in [0.2, 0.25) is 0 Å². The van der Waals surface area contributed by atoms with E-state index in [9.17, 15) is 24.9 Å². The van der Waals surface area contributed by atoms with E-state index in [0.717, 1.165) is 6.07 Å². The first-order chi connectivity index (χ1) is 8.45. The van der Waals surface area contributed by atoms with Crippen molar-refractivity contribution in [1.82, 2.24) is 0 Å². The van der Waals surface area contributed by atoms with Crippen molar-refractivity contribution < 1.29 is 34.4 Å². The summed E-state index contributed by atoms with van der Waals surface area (Å²) in [6.07, 6.45) is -1.33. The minimum absolute atomic E-state index is 0.174. The van der Waals surface area contributed by atoms with Crippen LogP contribution >= 0.6 is 0 Å². The van der Waals surface area contributed by atoms with Gasteiger partial charge in [-0.3, -0.25) is 0 Å². The number of phenols is 2. The first-order valence-electron chi connectivity index (χ1n) is 4.86. The molecule has 1 aromatic rings. The van der Waals surface area contributed by atoms with Gasteiger partial charge >= 0.3 is 11.9 Å². The van der Waals surface area contributed by atoms with E-state index in [1.54, 1.807) is 0 Å². The quantitative estimate of drug-likeness (QED) is 0.226. The Labute approximate surface area is 100 Å². The Bertz CT molecular complexity index is 540. The van der Waals surface area contributed by atoms with E-state index in [0.29, 0.717) is 0 Å². The number of nitrogens with two attached hydrogens (primary N) is 1. The van der Waals surface area contributed by atoms with Gasteiger partial charge in [-0.25, -0.2) is 9.59 Å². The Balaban J connectivity index is 2.71. The van der Waals surface area contributed by atoms with Gasteiger partial charge in [0.25, 0.3) is 0 Å². The Kier molecular flexibility index (Phi) is 2.81. The predicted molar refractivity (Wildman–Crippen MR) is 55.1 cm³/mol. The molecule has 1 aliphatic heterocycles. The van der Waals surface area contributed by atoms with Crippen LogP contribution in [0.15, 0.2) is 6.07 Å². The number of phenolic OH excluding ortho intramolecular Hbond substituents is 2. The molecular formula is C10H9NO7. The number of hydrogen-bond acceptors (Lipinski definition) is 8. The van der Waals surface area contributed by atoms with Crippen molar-refractivity contribution in [2.24, 2.45) is 5.73 Å². The lowest BCUT2D eigenvalue weighted by Crippen LogP contribution is -2.23. The van der Waals surface area contributed by atoms with Crippen LogP contribution < -0.4 is 15.2 Å². The number of hydrogen-bond donors (Lipinski definition) is 4. The highest BCUT2D eigenvalue weighted by Crippen LogP contribution is 2.47. The second-order valence-electron chi connectivity index (χ2n) is 3.52. The molecule has 18 heavy (non-hydrogen) atoms. The molecule has 0 unspecified atom stereocenters. The number of aromatic hydroxyl groups is 2. The predicted octanol–water partition coefficient (Wildman–Crippen LogP) is -1.09. The van der Waals surface area contributed by atoms with Crippen LogP contribution in [0.4, 0.5) is 0 Å². The SMILES string of the molecule is NC[C@H](O)c1c2cc(O)c(O)c1OC(=O)C(=O)O2. The summed E-state index contributed by atoms with van der Waals surface area (Å²) in [6, 6.07) is 0.882.